The first kappa shape index (κ1) is 11.9. The molecule has 1 rings (SSSR count). The molecule has 1 heterocycles. The Kier molecular flexibility index (Phi) is 3.48. The molecule has 0 aromatic rings. The lowest BCUT2D eigenvalue weighted by molar-refractivity contribution is -0.159. The van der Waals surface area contributed by atoms with E-state index in [1.807, 2.05) is 20.8 Å². The van der Waals surface area contributed by atoms with E-state index >= 15 is 0 Å². The first-order valence-corrected chi connectivity index (χ1v) is 5.86. The van der Waals surface area contributed by atoms with Gasteiger partial charge in [0.25, 0.3) is 0 Å². The van der Waals surface area contributed by atoms with Gasteiger partial charge in [-0.15, -0.1) is 11.8 Å². The number of ether oxygens (including phenoxy) is 1. The predicted octanol–water partition coefficient (Wildman–Crippen LogP) is 1.59. The molecule has 1 unspecified atom stereocenters. The molecule has 82 valence electrons. The topological polar surface area (TPSA) is 46.5 Å². The molecular weight excluding hydrogens is 200 g/mol. The summed E-state index contributed by atoms with van der Waals surface area (Å²) >= 11 is 1.51. The molecule has 1 aliphatic heterocycles. The van der Waals surface area contributed by atoms with E-state index in [1.165, 1.54) is 11.8 Å². The van der Waals surface area contributed by atoms with Crippen LogP contribution < -0.4 is 0 Å². The van der Waals surface area contributed by atoms with Gasteiger partial charge >= 0.3 is 5.97 Å². The molecule has 1 N–H and O–H groups in total. The maximum atomic E-state index is 11.8. The van der Waals surface area contributed by atoms with Crippen molar-refractivity contribution in [2.24, 2.45) is 0 Å². The summed E-state index contributed by atoms with van der Waals surface area (Å²) in [5.41, 5.74) is -0.470. The normalized spacial score (nSPS) is 27.7. The van der Waals surface area contributed by atoms with Crippen LogP contribution in [-0.4, -0.2) is 33.8 Å². The summed E-state index contributed by atoms with van der Waals surface area (Å²) < 4.78 is 4.61. The fourth-order valence-corrected chi connectivity index (χ4v) is 2.64. The van der Waals surface area contributed by atoms with E-state index < -0.39 is 10.3 Å². The van der Waals surface area contributed by atoms with Gasteiger partial charge in [-0.05, 0) is 39.4 Å². The van der Waals surface area contributed by atoms with Crippen LogP contribution in [0.1, 0.15) is 33.6 Å². The first-order valence-electron chi connectivity index (χ1n) is 4.88. The van der Waals surface area contributed by atoms with Crippen LogP contribution in [0, 0.1) is 0 Å². The number of rotatable bonds is 2. The molecular formula is C10H18O3S. The molecule has 0 amide bonds. The second kappa shape index (κ2) is 4.11. The lowest BCUT2D eigenvalue weighted by atomic mass is 10.0. The maximum Gasteiger partial charge on any atom is 0.325 e. The van der Waals surface area contributed by atoms with Crippen molar-refractivity contribution in [3.05, 3.63) is 0 Å². The van der Waals surface area contributed by atoms with Crippen molar-refractivity contribution in [2.75, 3.05) is 12.4 Å². The minimum Gasteiger partial charge on any atom is -0.459 e. The van der Waals surface area contributed by atoms with Crippen molar-refractivity contribution in [1.82, 2.24) is 0 Å². The molecule has 0 spiro atoms. The Morgan fingerprint density at radius 2 is 2.21 bits per heavy atom. The van der Waals surface area contributed by atoms with Crippen LogP contribution in [0.15, 0.2) is 0 Å². The van der Waals surface area contributed by atoms with Crippen molar-refractivity contribution in [1.29, 1.82) is 0 Å². The van der Waals surface area contributed by atoms with E-state index in [0.29, 0.717) is 0 Å². The highest BCUT2D eigenvalue weighted by Crippen LogP contribution is 2.39. The fourth-order valence-electron chi connectivity index (χ4n) is 1.42. The van der Waals surface area contributed by atoms with E-state index in [-0.39, 0.29) is 12.6 Å². The van der Waals surface area contributed by atoms with E-state index in [9.17, 15) is 9.90 Å². The molecule has 4 heteroatoms. The second-order valence-electron chi connectivity index (χ2n) is 4.61. The van der Waals surface area contributed by atoms with Crippen LogP contribution in [0.4, 0.5) is 0 Å². The number of thioether (sulfide) groups is 1. The number of aliphatic hydroxyl groups excluding tert-OH is 1. The molecule has 0 bridgehead atoms. The zero-order valence-electron chi connectivity index (χ0n) is 9.00. The van der Waals surface area contributed by atoms with Crippen molar-refractivity contribution in [3.63, 3.8) is 0 Å². The van der Waals surface area contributed by atoms with Crippen molar-refractivity contribution < 1.29 is 14.6 Å². The summed E-state index contributed by atoms with van der Waals surface area (Å²) in [7, 11) is 0. The molecule has 0 radical (unpaired) electrons. The Hall–Kier alpha value is -0.220. The van der Waals surface area contributed by atoms with E-state index in [1.54, 1.807) is 0 Å². The summed E-state index contributed by atoms with van der Waals surface area (Å²) in [4.78, 5) is 11.8. The van der Waals surface area contributed by atoms with E-state index in [4.69, 9.17) is 4.74 Å². The third-order valence-corrected chi connectivity index (χ3v) is 3.67. The Morgan fingerprint density at radius 1 is 1.57 bits per heavy atom. The van der Waals surface area contributed by atoms with E-state index in [0.717, 1.165) is 18.6 Å². The maximum absolute atomic E-state index is 11.8. The summed E-state index contributed by atoms with van der Waals surface area (Å²) in [5, 5.41) is 9.26. The zero-order valence-corrected chi connectivity index (χ0v) is 9.82. The quantitative estimate of drug-likeness (QED) is 0.715. The third kappa shape index (κ3) is 2.64. The average Bonchev–Trinajstić information content (AvgIpc) is 2.49. The van der Waals surface area contributed by atoms with Crippen LogP contribution >= 0.6 is 11.8 Å². The van der Waals surface area contributed by atoms with Gasteiger partial charge in [-0.25, -0.2) is 0 Å². The van der Waals surface area contributed by atoms with E-state index in [2.05, 4.69) is 0 Å². The lowest BCUT2D eigenvalue weighted by Gasteiger charge is -2.28. The Labute approximate surface area is 89.2 Å². The van der Waals surface area contributed by atoms with Gasteiger partial charge in [0.05, 0.1) is 6.61 Å². The standard InChI is InChI=1S/C10H18O3S/c1-9(2,3)13-8(12)10(7-11)5-4-6-14-10/h11H,4-7H2,1-3H3. The summed E-state index contributed by atoms with van der Waals surface area (Å²) in [6, 6.07) is 0. The van der Waals surface area contributed by atoms with Crippen molar-refractivity contribution >= 4 is 17.7 Å². The van der Waals surface area contributed by atoms with Crippen LogP contribution in [0.25, 0.3) is 0 Å². The summed E-state index contributed by atoms with van der Waals surface area (Å²) in [6.07, 6.45) is 1.70. The number of hydrogen-bond donors (Lipinski definition) is 1. The molecule has 0 aromatic heterocycles. The highest BCUT2D eigenvalue weighted by molar-refractivity contribution is 8.01. The minimum absolute atomic E-state index is 0.118. The van der Waals surface area contributed by atoms with Crippen LogP contribution in [0.3, 0.4) is 0 Å². The summed E-state index contributed by atoms with van der Waals surface area (Å²) in [6.45, 7) is 5.41. The number of esters is 1. The molecule has 1 aliphatic rings. The van der Waals surface area contributed by atoms with Crippen molar-refractivity contribution in [3.8, 4) is 0 Å². The molecule has 0 saturated carbocycles. The SMILES string of the molecule is CC(C)(C)OC(=O)C1(CO)CCCS1. The third-order valence-electron chi connectivity index (χ3n) is 2.13. The Bertz CT molecular complexity index is 214. The Morgan fingerprint density at radius 3 is 2.57 bits per heavy atom. The first-order chi connectivity index (χ1) is 6.40. The van der Waals surface area contributed by atoms with Gasteiger partial charge in [0.15, 0.2) is 0 Å². The van der Waals surface area contributed by atoms with Gasteiger partial charge in [0.1, 0.15) is 10.3 Å². The number of carbonyl (C=O) groups is 1. The van der Waals surface area contributed by atoms with Gasteiger partial charge in [0, 0.05) is 0 Å². The highest BCUT2D eigenvalue weighted by Gasteiger charge is 2.44. The molecule has 14 heavy (non-hydrogen) atoms. The van der Waals surface area contributed by atoms with Crippen LogP contribution in [-0.2, 0) is 9.53 Å². The van der Waals surface area contributed by atoms with Gasteiger partial charge in [0.2, 0.25) is 0 Å². The smallest absolute Gasteiger partial charge is 0.325 e. The predicted molar refractivity (Wildman–Crippen MR) is 57.4 cm³/mol. The lowest BCUT2D eigenvalue weighted by Crippen LogP contribution is -2.42. The molecule has 3 nitrogen and oxygen atoms in total. The van der Waals surface area contributed by atoms with Crippen LogP contribution in [0.2, 0.25) is 0 Å². The van der Waals surface area contributed by atoms with Gasteiger partial charge in [-0.1, -0.05) is 0 Å². The number of hydrogen-bond acceptors (Lipinski definition) is 4. The fraction of sp³-hybridized carbons (Fsp3) is 0.900. The van der Waals surface area contributed by atoms with Gasteiger partial charge in [-0.2, -0.15) is 0 Å². The zero-order chi connectivity index (χ0) is 10.8. The molecule has 1 saturated heterocycles. The molecule has 0 aromatic carbocycles. The minimum atomic E-state index is -0.687. The van der Waals surface area contributed by atoms with Crippen LogP contribution in [0.5, 0.6) is 0 Å². The molecule has 0 aliphatic carbocycles. The second-order valence-corrected chi connectivity index (χ2v) is 6.08. The summed E-state index contributed by atoms with van der Waals surface area (Å²) in [5.74, 6) is 0.662. The highest BCUT2D eigenvalue weighted by atomic mass is 32.2. The number of aliphatic hydroxyl groups is 1. The number of carbonyl (C=O) groups excluding carboxylic acids is 1. The van der Waals surface area contributed by atoms with Gasteiger partial charge < -0.3 is 9.84 Å². The average molecular weight is 218 g/mol. The molecule has 1 atom stereocenters. The Balaban J connectivity index is 2.66. The van der Waals surface area contributed by atoms with Crippen molar-refractivity contribution in [2.45, 2.75) is 44.0 Å². The molecule has 1 fully saturated rings. The van der Waals surface area contributed by atoms with Gasteiger partial charge in [-0.3, -0.25) is 4.79 Å². The monoisotopic (exact) mass is 218 g/mol. The largest absolute Gasteiger partial charge is 0.459 e.